The highest BCUT2D eigenvalue weighted by Crippen LogP contribution is 2.43. The summed E-state index contributed by atoms with van der Waals surface area (Å²) in [6.07, 6.45) is -4.23. The number of aromatic nitrogens is 2. The first-order valence-electron chi connectivity index (χ1n) is 9.26. The third-order valence-electron chi connectivity index (χ3n) is 5.28. The van der Waals surface area contributed by atoms with Crippen molar-refractivity contribution in [1.29, 1.82) is 0 Å². The van der Waals surface area contributed by atoms with Crippen LogP contribution in [0.1, 0.15) is 25.8 Å². The first kappa shape index (κ1) is 21.9. The molecule has 0 saturated heterocycles. The van der Waals surface area contributed by atoms with Crippen molar-refractivity contribution in [2.75, 3.05) is 11.9 Å². The van der Waals surface area contributed by atoms with Gasteiger partial charge in [0.1, 0.15) is 17.1 Å². The number of nitrogens with zero attached hydrogens (tertiary/aromatic N) is 2. The quantitative estimate of drug-likeness (QED) is 0.509. The molecule has 3 N–H and O–H groups in total. The second-order valence-electron chi connectivity index (χ2n) is 8.13. The highest BCUT2D eigenvalue weighted by molar-refractivity contribution is 5.88. The Balaban J connectivity index is 1.91. The van der Waals surface area contributed by atoms with E-state index in [9.17, 15) is 27.8 Å². The summed E-state index contributed by atoms with van der Waals surface area (Å²) in [7, 11) is 1.76. The number of alkyl halides is 3. The molecule has 0 radical (unpaired) electrons. The smallest absolute Gasteiger partial charge is 0.418 e. The van der Waals surface area contributed by atoms with E-state index in [-0.39, 0.29) is 11.3 Å². The van der Waals surface area contributed by atoms with Gasteiger partial charge in [-0.1, -0.05) is 19.9 Å². The van der Waals surface area contributed by atoms with Crippen LogP contribution in [0.5, 0.6) is 5.75 Å². The van der Waals surface area contributed by atoms with Crippen molar-refractivity contribution in [3.8, 4) is 5.75 Å². The normalized spacial score (nSPS) is 14.7. The lowest BCUT2D eigenvalue weighted by atomic mass is 9.74. The van der Waals surface area contributed by atoms with Crippen molar-refractivity contribution in [2.45, 2.75) is 37.5 Å². The van der Waals surface area contributed by atoms with E-state index in [0.29, 0.717) is 11.2 Å². The zero-order chi connectivity index (χ0) is 22.3. The van der Waals surface area contributed by atoms with Gasteiger partial charge in [0.15, 0.2) is 5.60 Å². The van der Waals surface area contributed by atoms with Gasteiger partial charge in [-0.05, 0) is 42.2 Å². The second kappa shape index (κ2) is 7.46. The van der Waals surface area contributed by atoms with Crippen LogP contribution < -0.4 is 5.32 Å². The summed E-state index contributed by atoms with van der Waals surface area (Å²) in [4.78, 5) is 4.19. The number of aromatic hydroxyl groups is 1. The van der Waals surface area contributed by atoms with E-state index in [4.69, 9.17) is 0 Å². The van der Waals surface area contributed by atoms with Gasteiger partial charge in [-0.3, -0.25) is 0 Å². The first-order valence-corrected chi connectivity index (χ1v) is 9.26. The molecular formula is C21H23F4N3O2. The topological polar surface area (TPSA) is 70.3 Å². The number of halogens is 4. The van der Waals surface area contributed by atoms with Crippen LogP contribution in [-0.2, 0) is 12.5 Å². The molecule has 3 aromatic rings. The zero-order valence-electron chi connectivity index (χ0n) is 16.8. The number of benzene rings is 2. The zero-order valence-corrected chi connectivity index (χ0v) is 16.8. The molecule has 3 rings (SSSR count). The summed E-state index contributed by atoms with van der Waals surface area (Å²) in [6, 6.07) is 8.11. The maximum atomic E-state index is 13.9. The van der Waals surface area contributed by atoms with Crippen molar-refractivity contribution in [2.24, 2.45) is 7.05 Å². The van der Waals surface area contributed by atoms with E-state index in [1.165, 1.54) is 13.8 Å². The van der Waals surface area contributed by atoms with Gasteiger partial charge in [0, 0.05) is 12.6 Å². The number of para-hydroxylation sites is 1. The van der Waals surface area contributed by atoms with Crippen LogP contribution >= 0.6 is 0 Å². The average Bonchev–Trinajstić information content (AvgIpc) is 3.02. The van der Waals surface area contributed by atoms with Gasteiger partial charge in [-0.15, -0.1) is 0 Å². The fourth-order valence-corrected chi connectivity index (χ4v) is 3.68. The van der Waals surface area contributed by atoms with Gasteiger partial charge in [0.05, 0.1) is 24.1 Å². The maximum Gasteiger partial charge on any atom is 0.418 e. The minimum Gasteiger partial charge on any atom is -0.508 e. The van der Waals surface area contributed by atoms with Crippen molar-refractivity contribution in [1.82, 2.24) is 9.55 Å². The number of aliphatic hydroxyl groups is 1. The molecule has 0 fully saturated rings. The molecule has 9 heteroatoms. The Bertz CT molecular complexity index is 1060. The number of phenols is 1. The summed E-state index contributed by atoms with van der Waals surface area (Å²) in [5, 5.41) is 23.4. The number of aryl methyl sites for hydroxylation is 1. The molecule has 1 atom stereocenters. The fourth-order valence-electron chi connectivity index (χ4n) is 3.68. The van der Waals surface area contributed by atoms with E-state index in [1.807, 2.05) is 0 Å². The fraction of sp³-hybridized carbons (Fsp3) is 0.381. The lowest BCUT2D eigenvalue weighted by molar-refractivity contribution is -0.260. The first-order chi connectivity index (χ1) is 13.8. The summed E-state index contributed by atoms with van der Waals surface area (Å²) in [5.74, 6) is -1.02. The van der Waals surface area contributed by atoms with Crippen molar-refractivity contribution >= 4 is 16.7 Å². The Labute approximate surface area is 171 Å². The molecule has 0 spiro atoms. The largest absolute Gasteiger partial charge is 0.508 e. The molecule has 5 nitrogen and oxygen atoms in total. The Kier molecular flexibility index (Phi) is 5.44. The lowest BCUT2D eigenvalue weighted by Gasteiger charge is -2.38. The molecule has 1 unspecified atom stereocenters. The van der Waals surface area contributed by atoms with E-state index in [0.717, 1.165) is 23.7 Å². The van der Waals surface area contributed by atoms with Gasteiger partial charge < -0.3 is 20.1 Å². The maximum absolute atomic E-state index is 13.9. The van der Waals surface area contributed by atoms with Crippen LogP contribution in [0.3, 0.4) is 0 Å². The van der Waals surface area contributed by atoms with Crippen LogP contribution in [0, 0.1) is 5.82 Å². The summed E-state index contributed by atoms with van der Waals surface area (Å²) >= 11 is 0. The molecule has 0 bridgehead atoms. The number of hydrogen-bond donors (Lipinski definition) is 3. The summed E-state index contributed by atoms with van der Waals surface area (Å²) < 4.78 is 57.1. The Morgan fingerprint density at radius 2 is 1.83 bits per heavy atom. The number of nitrogens with one attached hydrogen (secondary N) is 1. The molecule has 2 aromatic carbocycles. The van der Waals surface area contributed by atoms with Gasteiger partial charge in [-0.25, -0.2) is 9.37 Å². The van der Waals surface area contributed by atoms with Crippen molar-refractivity contribution in [3.63, 3.8) is 0 Å². The highest BCUT2D eigenvalue weighted by Gasteiger charge is 2.56. The number of imidazole rings is 1. The van der Waals surface area contributed by atoms with E-state index >= 15 is 0 Å². The standard InChI is InChI=1S/C21H23F4N3O2/c1-19(2,14-9-13(22)7-8-17(14)29)10-20(30,21(23,24)25)11-26-15-5-4-6-16-18(15)27-12-28(16)3/h4-9,12,26,29-30H,10-11H2,1-3H3. The molecule has 0 amide bonds. The third-order valence-corrected chi connectivity index (χ3v) is 5.28. The van der Waals surface area contributed by atoms with E-state index in [1.54, 1.807) is 36.1 Å². The Morgan fingerprint density at radius 1 is 1.13 bits per heavy atom. The highest BCUT2D eigenvalue weighted by atomic mass is 19.4. The molecule has 0 saturated carbocycles. The van der Waals surface area contributed by atoms with Gasteiger partial charge in [0.2, 0.25) is 0 Å². The van der Waals surface area contributed by atoms with Crippen molar-refractivity contribution in [3.05, 3.63) is 54.1 Å². The monoisotopic (exact) mass is 425 g/mol. The van der Waals surface area contributed by atoms with Crippen LogP contribution in [0.25, 0.3) is 11.0 Å². The number of anilines is 1. The van der Waals surface area contributed by atoms with Crippen LogP contribution in [0.4, 0.5) is 23.2 Å². The predicted molar refractivity (Wildman–Crippen MR) is 106 cm³/mol. The minimum atomic E-state index is -4.97. The molecule has 0 aliphatic rings. The molecule has 1 aromatic heterocycles. The van der Waals surface area contributed by atoms with Crippen LogP contribution in [0.2, 0.25) is 0 Å². The summed E-state index contributed by atoms with van der Waals surface area (Å²) in [6.45, 7) is 1.99. The van der Waals surface area contributed by atoms with Crippen LogP contribution in [-0.4, -0.2) is 38.1 Å². The predicted octanol–water partition coefficient (Wildman–Crippen LogP) is 4.49. The number of rotatable bonds is 6. The average molecular weight is 425 g/mol. The second-order valence-corrected chi connectivity index (χ2v) is 8.13. The SMILES string of the molecule is Cn1cnc2c(NCC(O)(CC(C)(C)c3cc(F)ccc3O)C(F)(F)F)cccc21. The van der Waals surface area contributed by atoms with Crippen molar-refractivity contribution < 1.29 is 27.8 Å². The van der Waals surface area contributed by atoms with Gasteiger partial charge in [-0.2, -0.15) is 13.2 Å². The lowest BCUT2D eigenvalue weighted by Crippen LogP contribution is -2.53. The van der Waals surface area contributed by atoms with Crippen LogP contribution in [0.15, 0.2) is 42.7 Å². The Hall–Kier alpha value is -2.81. The summed E-state index contributed by atoms with van der Waals surface area (Å²) in [5.41, 5.74) is -2.99. The Morgan fingerprint density at radius 3 is 2.50 bits per heavy atom. The number of hydrogen-bond acceptors (Lipinski definition) is 4. The molecule has 0 aliphatic carbocycles. The molecule has 0 aliphatic heterocycles. The molecule has 162 valence electrons. The van der Waals surface area contributed by atoms with Gasteiger partial charge in [0.25, 0.3) is 0 Å². The van der Waals surface area contributed by atoms with E-state index in [2.05, 4.69) is 10.3 Å². The third kappa shape index (κ3) is 4.07. The molecular weight excluding hydrogens is 402 g/mol. The minimum absolute atomic E-state index is 0.0167. The molecule has 1 heterocycles. The van der Waals surface area contributed by atoms with Gasteiger partial charge >= 0.3 is 6.18 Å². The molecule has 30 heavy (non-hydrogen) atoms. The number of fused-ring (bicyclic) bond motifs is 1. The number of phenolic OH excluding ortho intramolecular Hbond substituents is 1. The van der Waals surface area contributed by atoms with E-state index < -0.39 is 36.0 Å².